The summed E-state index contributed by atoms with van der Waals surface area (Å²) in [6, 6.07) is 19.6. The van der Waals surface area contributed by atoms with Crippen molar-refractivity contribution < 1.29 is 14.5 Å². The van der Waals surface area contributed by atoms with E-state index in [0.717, 1.165) is 0 Å². The van der Waals surface area contributed by atoms with Gasteiger partial charge < -0.3 is 4.74 Å². The second-order valence-corrected chi connectivity index (χ2v) is 7.18. The Balaban J connectivity index is 1.56. The number of nitro benzene ring substituents is 1. The lowest BCUT2D eigenvalue weighted by Gasteiger charge is -2.07. The molecule has 0 spiro atoms. The number of ether oxygens (including phenoxy) is 1. The number of carbonyl (C=O) groups is 1. The largest absolute Gasteiger partial charge is 0.423 e. The molecule has 4 rings (SSSR count). The summed E-state index contributed by atoms with van der Waals surface area (Å²) in [5.74, 6) is -0.0261. The van der Waals surface area contributed by atoms with Crippen LogP contribution in [0.1, 0.15) is 17.0 Å². The first-order valence-corrected chi connectivity index (χ1v) is 10.2. The molecule has 3 aromatic carbocycles. The molecule has 9 heteroatoms. The third kappa shape index (κ3) is 4.94. The van der Waals surface area contributed by atoms with E-state index < -0.39 is 10.9 Å². The molecule has 0 radical (unpaired) electrons. The molecule has 0 bridgehead atoms. The lowest BCUT2D eigenvalue weighted by molar-refractivity contribution is -0.384. The van der Waals surface area contributed by atoms with Crippen molar-refractivity contribution in [2.45, 2.75) is 6.92 Å². The van der Waals surface area contributed by atoms with E-state index in [-0.39, 0.29) is 17.0 Å². The van der Waals surface area contributed by atoms with E-state index in [9.17, 15) is 19.7 Å². The zero-order valence-corrected chi connectivity index (χ0v) is 18.0. The van der Waals surface area contributed by atoms with Crippen LogP contribution in [0, 0.1) is 17.0 Å². The van der Waals surface area contributed by atoms with Crippen LogP contribution in [-0.2, 0) is 4.79 Å². The Morgan fingerprint density at radius 2 is 1.85 bits per heavy atom. The minimum Gasteiger partial charge on any atom is -0.423 e. The first-order chi connectivity index (χ1) is 16.4. The van der Waals surface area contributed by atoms with Crippen LogP contribution >= 0.6 is 0 Å². The fourth-order valence-electron chi connectivity index (χ4n) is 3.22. The second kappa shape index (κ2) is 9.70. The highest BCUT2D eigenvalue weighted by atomic mass is 16.6. The molecule has 0 aliphatic rings. The predicted molar refractivity (Wildman–Crippen MR) is 128 cm³/mol. The SMILES string of the molecule is Cc1nc2ccccc2c(=O)n1N=Cc1ccccc1OC(=O)/C=C/c1cccc([N+](=O)[O-])c1. The summed E-state index contributed by atoms with van der Waals surface area (Å²) < 4.78 is 6.59. The standard InChI is InChI=1S/C25H18N4O5/c1-17-27-22-11-4-3-10-21(22)25(31)28(17)26-16-19-8-2-5-12-23(19)34-24(30)14-13-18-7-6-9-20(15-18)29(32)33/h2-16H,1H3/b14-13+,26-16?. The van der Waals surface area contributed by atoms with Crippen molar-refractivity contribution in [1.82, 2.24) is 9.66 Å². The summed E-state index contributed by atoms with van der Waals surface area (Å²) in [4.78, 5) is 39.9. The highest BCUT2D eigenvalue weighted by Gasteiger charge is 2.09. The maximum atomic E-state index is 12.8. The van der Waals surface area contributed by atoms with Gasteiger partial charge in [-0.15, -0.1) is 0 Å². The molecule has 0 N–H and O–H groups in total. The first-order valence-electron chi connectivity index (χ1n) is 10.2. The molecule has 1 aromatic heterocycles. The molecule has 0 aliphatic heterocycles. The lowest BCUT2D eigenvalue weighted by atomic mass is 10.2. The van der Waals surface area contributed by atoms with Crippen molar-refractivity contribution >= 4 is 34.9 Å². The summed E-state index contributed by atoms with van der Waals surface area (Å²) in [5, 5.41) is 15.6. The molecular weight excluding hydrogens is 436 g/mol. The van der Waals surface area contributed by atoms with Gasteiger partial charge in [-0.3, -0.25) is 14.9 Å². The van der Waals surface area contributed by atoms with Crippen LogP contribution in [0.15, 0.2) is 88.8 Å². The number of para-hydroxylation sites is 2. The van der Waals surface area contributed by atoms with E-state index >= 15 is 0 Å². The van der Waals surface area contributed by atoms with Crippen molar-refractivity contribution in [1.29, 1.82) is 0 Å². The molecule has 9 nitrogen and oxygen atoms in total. The zero-order chi connectivity index (χ0) is 24.1. The second-order valence-electron chi connectivity index (χ2n) is 7.18. The number of nitrogens with zero attached hydrogens (tertiary/aromatic N) is 4. The van der Waals surface area contributed by atoms with Gasteiger partial charge in [-0.1, -0.05) is 36.4 Å². The van der Waals surface area contributed by atoms with Gasteiger partial charge in [0.15, 0.2) is 0 Å². The molecule has 4 aromatic rings. The van der Waals surface area contributed by atoms with Crippen LogP contribution in [0.3, 0.4) is 0 Å². The maximum absolute atomic E-state index is 12.8. The summed E-state index contributed by atoms with van der Waals surface area (Å²) in [6.45, 7) is 1.68. The number of aryl methyl sites for hydroxylation is 1. The molecule has 1 heterocycles. The third-order valence-electron chi connectivity index (χ3n) is 4.85. The van der Waals surface area contributed by atoms with Crippen molar-refractivity contribution in [2.75, 3.05) is 0 Å². The van der Waals surface area contributed by atoms with E-state index in [1.54, 1.807) is 61.5 Å². The van der Waals surface area contributed by atoms with Gasteiger partial charge in [0.2, 0.25) is 0 Å². The van der Waals surface area contributed by atoms with Crippen molar-refractivity contribution in [2.24, 2.45) is 5.10 Å². The van der Waals surface area contributed by atoms with Gasteiger partial charge in [-0.2, -0.15) is 9.78 Å². The number of non-ortho nitro benzene ring substituents is 1. The van der Waals surface area contributed by atoms with E-state index in [2.05, 4.69) is 10.1 Å². The van der Waals surface area contributed by atoms with Gasteiger partial charge in [-0.05, 0) is 42.8 Å². The van der Waals surface area contributed by atoms with Crippen molar-refractivity contribution in [3.8, 4) is 5.75 Å². The normalized spacial score (nSPS) is 11.3. The van der Waals surface area contributed by atoms with Crippen molar-refractivity contribution in [3.05, 3.63) is 116 Å². The van der Waals surface area contributed by atoms with Crippen molar-refractivity contribution in [3.63, 3.8) is 0 Å². The molecule has 34 heavy (non-hydrogen) atoms. The monoisotopic (exact) mass is 454 g/mol. The molecule has 168 valence electrons. The highest BCUT2D eigenvalue weighted by molar-refractivity contribution is 5.91. The van der Waals surface area contributed by atoms with E-state index in [1.165, 1.54) is 41.2 Å². The minimum atomic E-state index is -0.673. The minimum absolute atomic E-state index is 0.0780. The van der Waals surface area contributed by atoms with Gasteiger partial charge in [0.25, 0.3) is 11.2 Å². The molecule has 0 saturated carbocycles. The molecule has 0 saturated heterocycles. The van der Waals surface area contributed by atoms with Gasteiger partial charge >= 0.3 is 5.97 Å². The number of hydrogen-bond donors (Lipinski definition) is 0. The number of aromatic nitrogens is 2. The Kier molecular flexibility index (Phi) is 6.35. The molecule has 0 unspecified atom stereocenters. The number of fused-ring (bicyclic) bond motifs is 1. The predicted octanol–water partition coefficient (Wildman–Crippen LogP) is 4.11. The van der Waals surface area contributed by atoms with Gasteiger partial charge in [-0.25, -0.2) is 9.78 Å². The number of esters is 1. The Bertz CT molecular complexity index is 1520. The number of nitro groups is 1. The average molecular weight is 454 g/mol. The molecule has 0 amide bonds. The fraction of sp³-hybridized carbons (Fsp3) is 0.0400. The molecular formula is C25H18N4O5. The lowest BCUT2D eigenvalue weighted by Crippen LogP contribution is -2.20. The number of rotatable bonds is 6. The van der Waals surface area contributed by atoms with E-state index in [4.69, 9.17) is 4.74 Å². The van der Waals surface area contributed by atoms with E-state index in [0.29, 0.717) is 27.9 Å². The van der Waals surface area contributed by atoms with Gasteiger partial charge in [0, 0.05) is 23.8 Å². The van der Waals surface area contributed by atoms with E-state index in [1.807, 2.05) is 0 Å². The maximum Gasteiger partial charge on any atom is 0.336 e. The number of benzene rings is 3. The Hall–Kier alpha value is -4.92. The van der Waals surface area contributed by atoms with Gasteiger partial charge in [0.05, 0.1) is 22.0 Å². The summed E-state index contributed by atoms with van der Waals surface area (Å²) in [7, 11) is 0. The first kappa shape index (κ1) is 22.3. The molecule has 0 fully saturated rings. The molecule has 0 atom stereocenters. The quantitative estimate of drug-likeness (QED) is 0.108. The fourth-order valence-corrected chi connectivity index (χ4v) is 3.22. The highest BCUT2D eigenvalue weighted by Crippen LogP contribution is 2.18. The summed E-state index contributed by atoms with van der Waals surface area (Å²) >= 11 is 0. The Labute approximate surface area is 193 Å². The molecule has 0 aliphatic carbocycles. The van der Waals surface area contributed by atoms with Crippen LogP contribution < -0.4 is 10.3 Å². The van der Waals surface area contributed by atoms with Gasteiger partial charge in [0.1, 0.15) is 11.6 Å². The number of carbonyl (C=O) groups excluding carboxylic acids is 1. The van der Waals surface area contributed by atoms with Crippen LogP contribution in [0.2, 0.25) is 0 Å². The zero-order valence-electron chi connectivity index (χ0n) is 18.0. The van der Waals surface area contributed by atoms with Crippen LogP contribution in [0.4, 0.5) is 5.69 Å². The summed E-state index contributed by atoms with van der Waals surface area (Å²) in [6.07, 6.45) is 4.02. The van der Waals surface area contributed by atoms with Crippen LogP contribution in [0.25, 0.3) is 17.0 Å². The van der Waals surface area contributed by atoms with Crippen LogP contribution in [0.5, 0.6) is 5.75 Å². The van der Waals surface area contributed by atoms with Crippen LogP contribution in [-0.4, -0.2) is 26.8 Å². The Morgan fingerprint density at radius 3 is 2.68 bits per heavy atom. The Morgan fingerprint density at radius 1 is 1.09 bits per heavy atom. The topological polar surface area (TPSA) is 117 Å². The smallest absolute Gasteiger partial charge is 0.336 e. The summed E-state index contributed by atoms with van der Waals surface area (Å²) in [5.41, 5.74) is 1.15. The average Bonchev–Trinajstić information content (AvgIpc) is 2.84. The third-order valence-corrected chi connectivity index (χ3v) is 4.85. The number of hydrogen-bond acceptors (Lipinski definition) is 7.